The van der Waals surface area contributed by atoms with Gasteiger partial charge in [-0.2, -0.15) is 0 Å². The predicted molar refractivity (Wildman–Crippen MR) is 114 cm³/mol. The van der Waals surface area contributed by atoms with Gasteiger partial charge in [0, 0.05) is 44.3 Å². The highest BCUT2D eigenvalue weighted by molar-refractivity contribution is 5.92. The van der Waals surface area contributed by atoms with Crippen LogP contribution >= 0.6 is 0 Å². The van der Waals surface area contributed by atoms with Crippen molar-refractivity contribution in [1.82, 2.24) is 19.9 Å². The van der Waals surface area contributed by atoms with Crippen LogP contribution in [0.1, 0.15) is 21.6 Å². The number of anilines is 3. The number of carbonyl (C=O) groups is 1. The average molecular weight is 388 g/mol. The van der Waals surface area contributed by atoms with Crippen molar-refractivity contribution >= 4 is 23.2 Å². The Hall–Kier alpha value is -3.48. The van der Waals surface area contributed by atoms with Gasteiger partial charge in [-0.05, 0) is 55.3 Å². The second-order valence-corrected chi connectivity index (χ2v) is 7.26. The van der Waals surface area contributed by atoms with E-state index in [9.17, 15) is 4.79 Å². The summed E-state index contributed by atoms with van der Waals surface area (Å²) in [5, 5.41) is 3.35. The number of nitrogens with zero attached hydrogens (tertiary/aromatic N) is 5. The lowest BCUT2D eigenvalue weighted by Gasteiger charge is -2.34. The number of rotatable bonds is 4. The molecule has 0 saturated carbocycles. The molecule has 3 heterocycles. The number of aryl methyl sites for hydroxylation is 2. The maximum absolute atomic E-state index is 12.8. The fraction of sp³-hybridized carbons (Fsp3) is 0.273. The molecule has 1 fully saturated rings. The van der Waals surface area contributed by atoms with Crippen molar-refractivity contribution < 1.29 is 4.79 Å². The minimum Gasteiger partial charge on any atom is -0.354 e. The van der Waals surface area contributed by atoms with Crippen molar-refractivity contribution in [3.8, 4) is 0 Å². The number of aromatic nitrogens is 3. The Morgan fingerprint density at radius 3 is 2.21 bits per heavy atom. The minimum atomic E-state index is -0.0448. The summed E-state index contributed by atoms with van der Waals surface area (Å²) in [6, 6.07) is 11.8. The number of nitrogens with one attached hydrogen (secondary N) is 1. The molecule has 1 aliphatic heterocycles. The third-order valence-corrected chi connectivity index (χ3v) is 4.89. The van der Waals surface area contributed by atoms with Crippen molar-refractivity contribution in [2.24, 2.45) is 0 Å². The molecule has 1 aromatic carbocycles. The van der Waals surface area contributed by atoms with Crippen molar-refractivity contribution in [3.63, 3.8) is 0 Å². The number of piperazine rings is 1. The standard InChI is InChI=1S/C22H24N6O/c1-16-12-17(2)14-19(13-16)26-18-4-5-20(25-15-18)21(29)27-8-10-28(11-9-27)22-23-6-3-7-24-22/h3-7,12-15,26H,8-11H2,1-2H3. The van der Waals surface area contributed by atoms with Crippen LogP contribution in [0, 0.1) is 13.8 Å². The SMILES string of the molecule is Cc1cc(C)cc(Nc2ccc(C(=O)N3CCN(c4ncccn4)CC3)nc2)c1. The van der Waals surface area contributed by atoms with E-state index in [2.05, 4.69) is 57.2 Å². The van der Waals surface area contributed by atoms with Gasteiger partial charge in [0.05, 0.1) is 11.9 Å². The highest BCUT2D eigenvalue weighted by Gasteiger charge is 2.24. The summed E-state index contributed by atoms with van der Waals surface area (Å²) in [5.41, 5.74) is 4.74. The first-order valence-electron chi connectivity index (χ1n) is 9.71. The summed E-state index contributed by atoms with van der Waals surface area (Å²) in [7, 11) is 0. The van der Waals surface area contributed by atoms with Gasteiger partial charge in [0.2, 0.25) is 5.95 Å². The Morgan fingerprint density at radius 2 is 1.59 bits per heavy atom. The first kappa shape index (κ1) is 18.9. The lowest BCUT2D eigenvalue weighted by Crippen LogP contribution is -2.49. The molecule has 1 amide bonds. The zero-order valence-corrected chi connectivity index (χ0v) is 16.7. The predicted octanol–water partition coefficient (Wildman–Crippen LogP) is 3.19. The van der Waals surface area contributed by atoms with Crippen LogP contribution in [0.4, 0.5) is 17.3 Å². The summed E-state index contributed by atoms with van der Waals surface area (Å²) in [6.45, 7) is 6.82. The Balaban J connectivity index is 1.37. The highest BCUT2D eigenvalue weighted by atomic mass is 16.2. The zero-order valence-electron chi connectivity index (χ0n) is 16.7. The number of hydrogen-bond acceptors (Lipinski definition) is 6. The van der Waals surface area contributed by atoms with E-state index in [1.54, 1.807) is 30.7 Å². The molecule has 3 aromatic rings. The molecule has 2 aromatic heterocycles. The Kier molecular flexibility index (Phi) is 5.37. The van der Waals surface area contributed by atoms with E-state index in [0.29, 0.717) is 37.8 Å². The maximum atomic E-state index is 12.8. The number of hydrogen-bond donors (Lipinski definition) is 1. The summed E-state index contributed by atoms with van der Waals surface area (Å²) in [6.07, 6.45) is 5.17. The van der Waals surface area contributed by atoms with Crippen LogP contribution in [0.25, 0.3) is 0 Å². The first-order chi connectivity index (χ1) is 14.1. The Labute approximate surface area is 170 Å². The maximum Gasteiger partial charge on any atom is 0.272 e. The molecule has 0 bridgehead atoms. The van der Waals surface area contributed by atoms with Crippen LogP contribution in [0.2, 0.25) is 0 Å². The largest absolute Gasteiger partial charge is 0.354 e. The van der Waals surface area contributed by atoms with Gasteiger partial charge < -0.3 is 15.1 Å². The van der Waals surface area contributed by atoms with Gasteiger partial charge in [0.15, 0.2) is 0 Å². The molecular weight excluding hydrogens is 364 g/mol. The second kappa shape index (κ2) is 8.26. The molecule has 7 nitrogen and oxygen atoms in total. The van der Waals surface area contributed by atoms with Crippen molar-refractivity contribution in [3.05, 3.63) is 71.8 Å². The van der Waals surface area contributed by atoms with Crippen molar-refractivity contribution in [2.45, 2.75) is 13.8 Å². The smallest absolute Gasteiger partial charge is 0.272 e. The topological polar surface area (TPSA) is 74.2 Å². The van der Waals surface area contributed by atoms with E-state index in [-0.39, 0.29) is 5.91 Å². The third kappa shape index (κ3) is 4.51. The number of pyridine rings is 1. The van der Waals surface area contributed by atoms with E-state index in [1.165, 1.54) is 11.1 Å². The fourth-order valence-corrected chi connectivity index (χ4v) is 3.53. The lowest BCUT2D eigenvalue weighted by molar-refractivity contribution is 0.0740. The zero-order chi connectivity index (χ0) is 20.2. The number of carbonyl (C=O) groups excluding carboxylic acids is 1. The molecule has 148 valence electrons. The highest BCUT2D eigenvalue weighted by Crippen LogP contribution is 2.20. The molecule has 0 unspecified atom stereocenters. The molecule has 1 N–H and O–H groups in total. The molecular formula is C22H24N6O. The fourth-order valence-electron chi connectivity index (χ4n) is 3.53. The van der Waals surface area contributed by atoms with Gasteiger partial charge in [-0.3, -0.25) is 4.79 Å². The first-order valence-corrected chi connectivity index (χ1v) is 9.71. The van der Waals surface area contributed by atoms with Crippen LogP contribution in [-0.4, -0.2) is 51.9 Å². The van der Waals surface area contributed by atoms with Crippen LogP contribution in [0.5, 0.6) is 0 Å². The summed E-state index contributed by atoms with van der Waals surface area (Å²) < 4.78 is 0. The van der Waals surface area contributed by atoms with Crippen LogP contribution < -0.4 is 10.2 Å². The number of amides is 1. The van der Waals surface area contributed by atoms with Gasteiger partial charge in [-0.15, -0.1) is 0 Å². The van der Waals surface area contributed by atoms with Gasteiger partial charge in [0.1, 0.15) is 5.69 Å². The monoisotopic (exact) mass is 388 g/mol. The van der Waals surface area contributed by atoms with E-state index in [0.717, 1.165) is 11.4 Å². The van der Waals surface area contributed by atoms with Gasteiger partial charge in [-0.25, -0.2) is 15.0 Å². The molecule has 29 heavy (non-hydrogen) atoms. The quantitative estimate of drug-likeness (QED) is 0.740. The molecule has 1 saturated heterocycles. The van der Waals surface area contributed by atoms with Gasteiger partial charge in [0.25, 0.3) is 5.91 Å². The average Bonchev–Trinajstić information content (AvgIpc) is 2.74. The number of benzene rings is 1. The Bertz CT molecular complexity index is 962. The Morgan fingerprint density at radius 1 is 0.897 bits per heavy atom. The molecule has 0 spiro atoms. The molecule has 1 aliphatic rings. The van der Waals surface area contributed by atoms with Crippen LogP contribution in [0.15, 0.2) is 55.0 Å². The molecule has 0 radical (unpaired) electrons. The lowest BCUT2D eigenvalue weighted by atomic mass is 10.1. The summed E-state index contributed by atoms with van der Waals surface area (Å²) in [4.78, 5) is 29.7. The molecule has 0 aliphatic carbocycles. The van der Waals surface area contributed by atoms with E-state index >= 15 is 0 Å². The second-order valence-electron chi connectivity index (χ2n) is 7.26. The molecule has 4 rings (SSSR count). The van der Waals surface area contributed by atoms with Gasteiger partial charge >= 0.3 is 0 Å². The van der Waals surface area contributed by atoms with E-state index in [4.69, 9.17) is 0 Å². The van der Waals surface area contributed by atoms with E-state index < -0.39 is 0 Å². The van der Waals surface area contributed by atoms with Crippen molar-refractivity contribution in [1.29, 1.82) is 0 Å². The summed E-state index contributed by atoms with van der Waals surface area (Å²) in [5.74, 6) is 0.663. The molecule has 0 atom stereocenters. The minimum absolute atomic E-state index is 0.0448. The summed E-state index contributed by atoms with van der Waals surface area (Å²) >= 11 is 0. The van der Waals surface area contributed by atoms with Crippen LogP contribution in [0.3, 0.4) is 0 Å². The van der Waals surface area contributed by atoms with E-state index in [1.807, 2.05) is 11.0 Å². The third-order valence-electron chi connectivity index (χ3n) is 4.89. The molecule has 7 heteroatoms. The van der Waals surface area contributed by atoms with Crippen LogP contribution in [-0.2, 0) is 0 Å². The normalized spacial score (nSPS) is 14.0. The van der Waals surface area contributed by atoms with Crippen molar-refractivity contribution in [2.75, 3.05) is 36.4 Å². The van der Waals surface area contributed by atoms with Gasteiger partial charge in [-0.1, -0.05) is 6.07 Å².